The van der Waals surface area contributed by atoms with Gasteiger partial charge in [-0.1, -0.05) is 0 Å². The first-order valence-electron chi connectivity index (χ1n) is 6.95. The molecule has 112 valence electrons. The van der Waals surface area contributed by atoms with E-state index >= 15 is 0 Å². The molecule has 0 saturated carbocycles. The molecule has 1 aliphatic heterocycles. The molecule has 0 fully saturated rings. The summed E-state index contributed by atoms with van der Waals surface area (Å²) in [7, 11) is 0. The first-order valence-corrected chi connectivity index (χ1v) is 7.83. The van der Waals surface area contributed by atoms with Crippen LogP contribution in [-0.2, 0) is 0 Å². The summed E-state index contributed by atoms with van der Waals surface area (Å²) < 4.78 is 11.2. The number of thiazole rings is 1. The Labute approximate surface area is 132 Å². The Morgan fingerprint density at radius 2 is 2.18 bits per heavy atom. The Morgan fingerprint density at radius 1 is 1.36 bits per heavy atom. The number of allylic oxidation sites excluding steroid dienone is 1. The summed E-state index contributed by atoms with van der Waals surface area (Å²) >= 11 is 1.46. The predicted molar refractivity (Wildman–Crippen MR) is 86.1 cm³/mol. The minimum Gasteiger partial charge on any atom is -0.490 e. The van der Waals surface area contributed by atoms with Crippen molar-refractivity contribution in [1.82, 2.24) is 4.98 Å². The van der Waals surface area contributed by atoms with Crippen LogP contribution in [0.2, 0.25) is 0 Å². The molecule has 0 saturated heterocycles. The average Bonchev–Trinajstić information content (AvgIpc) is 2.82. The smallest absolute Gasteiger partial charge is 0.163 e. The number of nitrogens with one attached hydrogen (secondary N) is 1. The summed E-state index contributed by atoms with van der Waals surface area (Å²) in [4.78, 5) is 4.32. The zero-order chi connectivity index (χ0) is 15.4. The van der Waals surface area contributed by atoms with Crippen LogP contribution in [0.25, 0.3) is 5.57 Å². The molecule has 22 heavy (non-hydrogen) atoms. The maximum Gasteiger partial charge on any atom is 0.163 e. The van der Waals surface area contributed by atoms with Gasteiger partial charge in [0.15, 0.2) is 11.5 Å². The molecule has 1 aromatic heterocycles. The number of hydrogen-bond acceptors (Lipinski definition) is 6. The Morgan fingerprint density at radius 3 is 2.91 bits per heavy atom. The molecule has 3 rings (SSSR count). The third-order valence-electron chi connectivity index (χ3n) is 3.10. The van der Waals surface area contributed by atoms with Crippen molar-refractivity contribution in [3.63, 3.8) is 0 Å². The molecule has 0 spiro atoms. The molecule has 0 radical (unpaired) electrons. The van der Waals surface area contributed by atoms with E-state index in [4.69, 9.17) is 9.47 Å². The summed E-state index contributed by atoms with van der Waals surface area (Å²) in [6.45, 7) is 3.22. The summed E-state index contributed by atoms with van der Waals surface area (Å²) in [5.74, 6) is 1.47. The first-order chi connectivity index (χ1) is 10.8. The van der Waals surface area contributed by atoms with Crippen LogP contribution in [0.1, 0.15) is 17.1 Å². The highest BCUT2D eigenvalue weighted by Crippen LogP contribution is 2.32. The minimum absolute atomic E-state index is 0.505. The molecular formula is C16H15N3O2S. The molecular weight excluding hydrogens is 298 g/mol. The van der Waals surface area contributed by atoms with E-state index in [1.54, 1.807) is 6.20 Å². The maximum atomic E-state index is 9.26. The van der Waals surface area contributed by atoms with Crippen molar-refractivity contribution in [3.8, 4) is 17.6 Å². The van der Waals surface area contributed by atoms with Crippen LogP contribution in [0.3, 0.4) is 0 Å². The number of ether oxygens (including phenoxy) is 2. The van der Waals surface area contributed by atoms with Gasteiger partial charge < -0.3 is 14.8 Å². The van der Waals surface area contributed by atoms with E-state index in [1.165, 1.54) is 11.3 Å². The van der Waals surface area contributed by atoms with Crippen LogP contribution in [0.5, 0.6) is 11.5 Å². The van der Waals surface area contributed by atoms with Crippen molar-refractivity contribution >= 4 is 22.6 Å². The summed E-state index contributed by atoms with van der Waals surface area (Å²) in [5.41, 5.74) is 2.26. The van der Waals surface area contributed by atoms with Crippen molar-refractivity contribution in [2.45, 2.75) is 13.3 Å². The fourth-order valence-corrected chi connectivity index (χ4v) is 2.79. The van der Waals surface area contributed by atoms with Crippen LogP contribution in [-0.4, -0.2) is 18.2 Å². The second kappa shape index (κ2) is 6.50. The Kier molecular flexibility index (Phi) is 4.26. The van der Waals surface area contributed by atoms with Gasteiger partial charge in [-0.15, -0.1) is 11.3 Å². The molecule has 1 aliphatic rings. The average molecular weight is 313 g/mol. The number of aromatic nitrogens is 1. The minimum atomic E-state index is 0.505. The van der Waals surface area contributed by atoms with Crippen molar-refractivity contribution in [1.29, 1.82) is 5.26 Å². The van der Waals surface area contributed by atoms with Crippen LogP contribution >= 0.6 is 11.3 Å². The lowest BCUT2D eigenvalue weighted by molar-refractivity contribution is 0.297. The van der Waals surface area contributed by atoms with Gasteiger partial charge >= 0.3 is 0 Å². The van der Waals surface area contributed by atoms with Gasteiger partial charge in [0, 0.05) is 35.4 Å². The Hall–Kier alpha value is -2.52. The van der Waals surface area contributed by atoms with E-state index in [2.05, 4.69) is 16.4 Å². The van der Waals surface area contributed by atoms with E-state index < -0.39 is 0 Å². The van der Waals surface area contributed by atoms with Crippen molar-refractivity contribution < 1.29 is 9.47 Å². The van der Waals surface area contributed by atoms with Crippen LogP contribution in [0.15, 0.2) is 29.8 Å². The first kappa shape index (κ1) is 14.4. The second-order valence-electron chi connectivity index (χ2n) is 4.82. The van der Waals surface area contributed by atoms with Gasteiger partial charge in [0.2, 0.25) is 0 Å². The van der Waals surface area contributed by atoms with Crippen LogP contribution in [0.4, 0.5) is 5.69 Å². The molecule has 6 heteroatoms. The molecule has 0 amide bonds. The molecule has 0 aliphatic carbocycles. The fourth-order valence-electron chi connectivity index (χ4n) is 2.03. The number of fused-ring (bicyclic) bond motifs is 1. The molecule has 1 N–H and O–H groups in total. The van der Waals surface area contributed by atoms with Gasteiger partial charge in [0.25, 0.3) is 0 Å². The van der Waals surface area contributed by atoms with Gasteiger partial charge in [-0.05, 0) is 19.1 Å². The maximum absolute atomic E-state index is 9.26. The Balaban J connectivity index is 1.79. The normalized spacial score (nSPS) is 14.1. The molecule has 0 unspecified atom stereocenters. The van der Waals surface area contributed by atoms with Crippen molar-refractivity contribution in [2.24, 2.45) is 0 Å². The van der Waals surface area contributed by atoms with Gasteiger partial charge in [0.1, 0.15) is 16.6 Å². The van der Waals surface area contributed by atoms with E-state index in [9.17, 15) is 5.26 Å². The molecule has 0 bridgehead atoms. The van der Waals surface area contributed by atoms with E-state index in [1.807, 2.05) is 30.5 Å². The van der Waals surface area contributed by atoms with Crippen LogP contribution < -0.4 is 14.8 Å². The predicted octanol–water partition coefficient (Wildman–Crippen LogP) is 3.59. The highest BCUT2D eigenvalue weighted by molar-refractivity contribution is 7.10. The monoisotopic (exact) mass is 313 g/mol. The number of hydrogen-bond donors (Lipinski definition) is 1. The highest BCUT2D eigenvalue weighted by Gasteiger charge is 2.10. The zero-order valence-electron chi connectivity index (χ0n) is 12.1. The molecule has 2 aromatic rings. The molecule has 2 heterocycles. The number of nitrogens with zero attached hydrogens (tertiary/aromatic N) is 2. The highest BCUT2D eigenvalue weighted by atomic mass is 32.1. The van der Waals surface area contributed by atoms with Gasteiger partial charge in [-0.3, -0.25) is 0 Å². The van der Waals surface area contributed by atoms with E-state index in [-0.39, 0.29) is 0 Å². The number of aryl methyl sites for hydroxylation is 1. The number of nitriles is 1. The summed E-state index contributed by atoms with van der Waals surface area (Å²) in [6.07, 6.45) is 2.54. The standard InChI is InChI=1S/C16H15N3O2S/c1-11-10-22-16(19-11)12(8-17)9-18-13-3-4-14-15(7-13)21-6-2-5-20-14/h3-4,7,9-10,18H,2,5-6H2,1H3/b12-9+. The molecule has 0 atom stereocenters. The SMILES string of the molecule is Cc1csc(/C(C#N)=C/Nc2ccc3c(c2)OCCCO3)n1. The summed E-state index contributed by atoms with van der Waals surface area (Å²) in [5, 5.41) is 15.0. The number of benzene rings is 1. The number of rotatable bonds is 3. The summed E-state index contributed by atoms with van der Waals surface area (Å²) in [6, 6.07) is 7.81. The third kappa shape index (κ3) is 3.21. The quantitative estimate of drug-likeness (QED) is 0.877. The molecule has 5 nitrogen and oxygen atoms in total. The van der Waals surface area contributed by atoms with Gasteiger partial charge in [-0.2, -0.15) is 5.26 Å². The van der Waals surface area contributed by atoms with Gasteiger partial charge in [-0.25, -0.2) is 4.98 Å². The fraction of sp³-hybridized carbons (Fsp3) is 0.250. The lowest BCUT2D eigenvalue weighted by atomic mass is 10.2. The van der Waals surface area contributed by atoms with Crippen LogP contribution in [0, 0.1) is 18.3 Å². The lowest BCUT2D eigenvalue weighted by Crippen LogP contribution is -1.97. The van der Waals surface area contributed by atoms with Crippen molar-refractivity contribution in [3.05, 3.63) is 40.5 Å². The van der Waals surface area contributed by atoms with Crippen molar-refractivity contribution in [2.75, 3.05) is 18.5 Å². The lowest BCUT2D eigenvalue weighted by Gasteiger charge is -2.09. The zero-order valence-corrected chi connectivity index (χ0v) is 12.9. The Bertz CT molecular complexity index is 746. The second-order valence-corrected chi connectivity index (χ2v) is 5.68. The largest absolute Gasteiger partial charge is 0.490 e. The number of anilines is 1. The van der Waals surface area contributed by atoms with Gasteiger partial charge in [0.05, 0.1) is 13.2 Å². The van der Waals surface area contributed by atoms with E-state index in [0.717, 1.165) is 29.3 Å². The third-order valence-corrected chi connectivity index (χ3v) is 4.09. The molecule has 1 aromatic carbocycles. The topological polar surface area (TPSA) is 67.2 Å². The van der Waals surface area contributed by atoms with E-state index in [0.29, 0.717) is 23.8 Å².